The molecule has 0 fully saturated rings. The molecule has 0 unspecified atom stereocenters. The molecule has 2 N–H and O–H groups in total. The van der Waals surface area contributed by atoms with Crippen LogP contribution < -0.4 is 10.0 Å². The fourth-order valence-corrected chi connectivity index (χ4v) is 3.08. The quantitative estimate of drug-likeness (QED) is 0.835. The maximum Gasteiger partial charge on any atom is 0.411 e. The molecule has 0 spiro atoms. The van der Waals surface area contributed by atoms with Crippen molar-refractivity contribution in [2.75, 3.05) is 16.6 Å². The van der Waals surface area contributed by atoms with Gasteiger partial charge in [-0.2, -0.15) is 0 Å². The van der Waals surface area contributed by atoms with E-state index >= 15 is 0 Å². The SMILES string of the molecule is CCOC(=O)Nc1ccc(S(=O)(=O)Nc2ccc(CC)cc2)cc1. The predicted octanol–water partition coefficient (Wildman–Crippen LogP) is 3.62. The first-order valence-electron chi connectivity index (χ1n) is 7.60. The Morgan fingerprint density at radius 1 is 0.958 bits per heavy atom. The number of aryl methyl sites for hydroxylation is 1. The molecule has 24 heavy (non-hydrogen) atoms. The van der Waals surface area contributed by atoms with Crippen molar-refractivity contribution < 1.29 is 17.9 Å². The van der Waals surface area contributed by atoms with Crippen LogP contribution in [-0.4, -0.2) is 21.1 Å². The van der Waals surface area contributed by atoms with Crippen LogP contribution in [0.15, 0.2) is 53.4 Å². The Morgan fingerprint density at radius 3 is 2.08 bits per heavy atom. The molecule has 0 bridgehead atoms. The Morgan fingerprint density at radius 2 is 1.54 bits per heavy atom. The zero-order valence-corrected chi connectivity index (χ0v) is 14.4. The van der Waals surface area contributed by atoms with Gasteiger partial charge in [-0.15, -0.1) is 0 Å². The van der Waals surface area contributed by atoms with Crippen molar-refractivity contribution in [1.29, 1.82) is 0 Å². The monoisotopic (exact) mass is 348 g/mol. The molecular weight excluding hydrogens is 328 g/mol. The molecule has 1 amide bonds. The fourth-order valence-electron chi connectivity index (χ4n) is 2.03. The Kier molecular flexibility index (Phi) is 5.81. The highest BCUT2D eigenvalue weighted by Gasteiger charge is 2.14. The molecule has 0 aromatic heterocycles. The third kappa shape index (κ3) is 4.73. The van der Waals surface area contributed by atoms with Crippen LogP contribution in [0.5, 0.6) is 0 Å². The summed E-state index contributed by atoms with van der Waals surface area (Å²) in [6, 6.07) is 13.1. The second-order valence-corrected chi connectivity index (χ2v) is 6.71. The summed E-state index contributed by atoms with van der Waals surface area (Å²) in [7, 11) is -3.68. The highest BCUT2D eigenvalue weighted by Crippen LogP contribution is 2.19. The summed E-state index contributed by atoms with van der Waals surface area (Å²) >= 11 is 0. The summed E-state index contributed by atoms with van der Waals surface area (Å²) in [4.78, 5) is 11.4. The number of hydrogen-bond donors (Lipinski definition) is 2. The van der Waals surface area contributed by atoms with E-state index in [9.17, 15) is 13.2 Å². The summed E-state index contributed by atoms with van der Waals surface area (Å²) in [5, 5.41) is 2.51. The van der Waals surface area contributed by atoms with Crippen LogP contribution in [0.3, 0.4) is 0 Å². The molecule has 2 aromatic rings. The van der Waals surface area contributed by atoms with E-state index in [-0.39, 0.29) is 11.5 Å². The molecule has 2 aromatic carbocycles. The van der Waals surface area contributed by atoms with Crippen molar-refractivity contribution in [1.82, 2.24) is 0 Å². The van der Waals surface area contributed by atoms with Gasteiger partial charge < -0.3 is 4.74 Å². The van der Waals surface area contributed by atoms with E-state index in [4.69, 9.17) is 4.74 Å². The molecule has 7 heteroatoms. The Balaban J connectivity index is 2.09. The zero-order chi connectivity index (χ0) is 17.6. The number of ether oxygens (including phenoxy) is 1. The average Bonchev–Trinajstić information content (AvgIpc) is 2.56. The van der Waals surface area contributed by atoms with E-state index in [1.807, 2.05) is 19.1 Å². The lowest BCUT2D eigenvalue weighted by Crippen LogP contribution is -2.14. The van der Waals surface area contributed by atoms with E-state index in [2.05, 4.69) is 10.0 Å². The fraction of sp³-hybridized carbons (Fsp3) is 0.235. The maximum atomic E-state index is 12.4. The largest absolute Gasteiger partial charge is 0.450 e. The molecule has 128 valence electrons. The van der Waals surface area contributed by atoms with E-state index in [0.29, 0.717) is 11.4 Å². The first-order chi connectivity index (χ1) is 11.4. The van der Waals surface area contributed by atoms with Crippen molar-refractivity contribution in [2.45, 2.75) is 25.2 Å². The number of nitrogens with one attached hydrogen (secondary N) is 2. The lowest BCUT2D eigenvalue weighted by Gasteiger charge is -2.10. The number of hydrogen-bond acceptors (Lipinski definition) is 4. The second kappa shape index (κ2) is 7.83. The van der Waals surface area contributed by atoms with Crippen LogP contribution in [0.25, 0.3) is 0 Å². The molecule has 0 heterocycles. The number of rotatable bonds is 6. The topological polar surface area (TPSA) is 84.5 Å². The van der Waals surface area contributed by atoms with E-state index in [1.165, 1.54) is 24.3 Å². The summed E-state index contributed by atoms with van der Waals surface area (Å²) in [5.41, 5.74) is 2.09. The molecule has 0 atom stereocenters. The van der Waals surface area contributed by atoms with Crippen LogP contribution in [-0.2, 0) is 21.2 Å². The van der Waals surface area contributed by atoms with Crippen molar-refractivity contribution in [3.05, 3.63) is 54.1 Å². The number of anilines is 2. The number of amides is 1. The number of sulfonamides is 1. The highest BCUT2D eigenvalue weighted by atomic mass is 32.2. The van der Waals surface area contributed by atoms with Gasteiger partial charge in [-0.3, -0.25) is 10.0 Å². The van der Waals surface area contributed by atoms with Gasteiger partial charge in [0.05, 0.1) is 11.5 Å². The van der Waals surface area contributed by atoms with Gasteiger partial charge in [-0.25, -0.2) is 13.2 Å². The van der Waals surface area contributed by atoms with Crippen molar-refractivity contribution in [3.63, 3.8) is 0 Å². The summed E-state index contributed by atoms with van der Waals surface area (Å²) in [5.74, 6) is 0. The first kappa shape index (κ1) is 17.8. The summed E-state index contributed by atoms with van der Waals surface area (Å²) in [6.45, 7) is 4.00. The lowest BCUT2D eigenvalue weighted by atomic mass is 10.2. The maximum absolute atomic E-state index is 12.4. The first-order valence-corrected chi connectivity index (χ1v) is 9.08. The standard InChI is InChI=1S/C17H20N2O4S/c1-3-13-5-7-15(8-6-13)19-24(21,22)16-11-9-14(10-12-16)18-17(20)23-4-2/h5-12,19H,3-4H2,1-2H3,(H,18,20). The predicted molar refractivity (Wildman–Crippen MR) is 93.7 cm³/mol. The smallest absolute Gasteiger partial charge is 0.411 e. The molecule has 0 radical (unpaired) electrons. The van der Waals surface area contributed by atoms with Crippen LogP contribution in [0, 0.1) is 0 Å². The molecule has 0 saturated heterocycles. The van der Waals surface area contributed by atoms with Gasteiger partial charge in [0.2, 0.25) is 0 Å². The van der Waals surface area contributed by atoms with Crippen molar-refractivity contribution in [3.8, 4) is 0 Å². The molecule has 2 rings (SSSR count). The van der Waals surface area contributed by atoms with E-state index in [0.717, 1.165) is 12.0 Å². The molecule has 0 saturated carbocycles. The Hall–Kier alpha value is -2.54. The van der Waals surface area contributed by atoms with Crippen LogP contribution >= 0.6 is 0 Å². The number of carbonyl (C=O) groups is 1. The lowest BCUT2D eigenvalue weighted by molar-refractivity contribution is 0.168. The van der Waals surface area contributed by atoms with Crippen LogP contribution in [0.2, 0.25) is 0 Å². The zero-order valence-electron chi connectivity index (χ0n) is 13.6. The Bertz CT molecular complexity index is 784. The molecule has 0 aliphatic heterocycles. The van der Waals surface area contributed by atoms with Crippen LogP contribution in [0.1, 0.15) is 19.4 Å². The van der Waals surface area contributed by atoms with Gasteiger partial charge >= 0.3 is 6.09 Å². The average molecular weight is 348 g/mol. The van der Waals surface area contributed by atoms with E-state index in [1.54, 1.807) is 19.1 Å². The van der Waals surface area contributed by atoms with E-state index < -0.39 is 16.1 Å². The number of carbonyl (C=O) groups excluding carboxylic acids is 1. The van der Waals surface area contributed by atoms with Gasteiger partial charge in [0.1, 0.15) is 0 Å². The molecule has 6 nitrogen and oxygen atoms in total. The van der Waals surface area contributed by atoms with Gasteiger partial charge in [0, 0.05) is 11.4 Å². The van der Waals surface area contributed by atoms with Gasteiger partial charge in [-0.1, -0.05) is 19.1 Å². The molecule has 0 aliphatic rings. The van der Waals surface area contributed by atoms with Crippen molar-refractivity contribution in [2.24, 2.45) is 0 Å². The minimum Gasteiger partial charge on any atom is -0.450 e. The van der Waals surface area contributed by atoms with Gasteiger partial charge in [-0.05, 0) is 55.3 Å². The minimum absolute atomic E-state index is 0.108. The normalized spacial score (nSPS) is 10.9. The summed E-state index contributed by atoms with van der Waals surface area (Å²) in [6.07, 6.45) is 0.310. The number of benzene rings is 2. The molecular formula is C17H20N2O4S. The molecule has 0 aliphatic carbocycles. The summed E-state index contributed by atoms with van der Waals surface area (Å²) < 4.78 is 32.0. The van der Waals surface area contributed by atoms with Gasteiger partial charge in [0.25, 0.3) is 10.0 Å². The highest BCUT2D eigenvalue weighted by molar-refractivity contribution is 7.92. The second-order valence-electron chi connectivity index (χ2n) is 5.03. The Labute approximate surface area is 141 Å². The van der Waals surface area contributed by atoms with Crippen molar-refractivity contribution >= 4 is 27.5 Å². The third-order valence-electron chi connectivity index (χ3n) is 3.30. The minimum atomic E-state index is -3.68. The third-order valence-corrected chi connectivity index (χ3v) is 4.70. The van der Waals surface area contributed by atoms with Crippen LogP contribution in [0.4, 0.5) is 16.2 Å². The van der Waals surface area contributed by atoms with Gasteiger partial charge in [0.15, 0.2) is 0 Å².